The topological polar surface area (TPSA) is 50.1 Å². The normalized spacial score (nSPS) is 9.47. The van der Waals surface area contributed by atoms with E-state index in [1.165, 1.54) is 7.11 Å². The lowest BCUT2D eigenvalue weighted by molar-refractivity contribution is -0.139. The summed E-state index contributed by atoms with van der Waals surface area (Å²) >= 11 is 6.53. The lowest BCUT2D eigenvalue weighted by Crippen LogP contribution is -2.04. The van der Waals surface area contributed by atoms with Gasteiger partial charge < -0.3 is 4.74 Å². The fourth-order valence-corrected chi connectivity index (χ4v) is 2.53. The van der Waals surface area contributed by atoms with Crippen molar-refractivity contribution < 1.29 is 9.53 Å². The molecule has 0 fully saturated rings. The van der Waals surface area contributed by atoms with E-state index in [1.54, 1.807) is 12.1 Å². The van der Waals surface area contributed by atoms with Crippen molar-refractivity contribution in [1.82, 2.24) is 0 Å². The first-order chi connectivity index (χ1) is 7.08. The van der Waals surface area contributed by atoms with Crippen molar-refractivity contribution in [2.24, 2.45) is 0 Å². The van der Waals surface area contributed by atoms with Crippen LogP contribution < -0.4 is 0 Å². The number of nitrogens with zero attached hydrogens (tertiary/aromatic N) is 1. The van der Waals surface area contributed by atoms with Gasteiger partial charge in [-0.1, -0.05) is 0 Å². The third kappa shape index (κ3) is 3.05. The van der Waals surface area contributed by atoms with Crippen LogP contribution in [0.3, 0.4) is 0 Å². The van der Waals surface area contributed by atoms with E-state index in [1.807, 2.05) is 6.07 Å². The van der Waals surface area contributed by atoms with Gasteiger partial charge in [0.15, 0.2) is 0 Å². The molecule has 0 saturated carbocycles. The smallest absolute Gasteiger partial charge is 0.309 e. The van der Waals surface area contributed by atoms with Gasteiger partial charge in [0.2, 0.25) is 0 Å². The first-order valence-corrected chi connectivity index (χ1v) is 5.62. The molecule has 0 amide bonds. The summed E-state index contributed by atoms with van der Waals surface area (Å²) in [6.45, 7) is 0. The average molecular weight is 333 g/mol. The zero-order chi connectivity index (χ0) is 11.4. The van der Waals surface area contributed by atoms with Crippen LogP contribution in [0.2, 0.25) is 0 Å². The van der Waals surface area contributed by atoms with Gasteiger partial charge in [-0.15, -0.1) is 0 Å². The Kier molecular flexibility index (Phi) is 4.30. The van der Waals surface area contributed by atoms with E-state index in [-0.39, 0.29) is 12.4 Å². The number of rotatable bonds is 2. The minimum Gasteiger partial charge on any atom is -0.469 e. The summed E-state index contributed by atoms with van der Waals surface area (Å²) in [4.78, 5) is 11.0. The second-order valence-corrected chi connectivity index (χ2v) is 4.51. The monoisotopic (exact) mass is 331 g/mol. The number of carbonyl (C=O) groups is 1. The van der Waals surface area contributed by atoms with Gasteiger partial charge in [-0.25, -0.2) is 0 Å². The number of ether oxygens (including phenoxy) is 1. The molecule has 1 aromatic rings. The van der Waals surface area contributed by atoms with Gasteiger partial charge >= 0.3 is 5.97 Å². The molecule has 1 rings (SSSR count). The molecule has 0 heterocycles. The molecule has 0 aromatic heterocycles. The Labute approximate surface area is 104 Å². The Morgan fingerprint density at radius 3 is 2.40 bits per heavy atom. The predicted molar refractivity (Wildman–Crippen MR) is 62.3 cm³/mol. The quantitative estimate of drug-likeness (QED) is 0.782. The van der Waals surface area contributed by atoms with Crippen molar-refractivity contribution in [3.63, 3.8) is 0 Å². The first kappa shape index (κ1) is 12.2. The first-order valence-electron chi connectivity index (χ1n) is 4.03. The Balaban J connectivity index is 3.05. The van der Waals surface area contributed by atoms with Crippen LogP contribution >= 0.6 is 31.9 Å². The molecule has 0 radical (unpaired) electrons. The number of hydrogen-bond acceptors (Lipinski definition) is 3. The molecule has 0 atom stereocenters. The molecule has 0 saturated heterocycles. The molecule has 0 bridgehead atoms. The van der Waals surface area contributed by atoms with Gasteiger partial charge in [0.05, 0.1) is 19.1 Å². The van der Waals surface area contributed by atoms with Crippen LogP contribution in [0, 0.1) is 11.3 Å². The lowest BCUT2D eigenvalue weighted by Gasteiger charge is -2.04. The second kappa shape index (κ2) is 5.29. The number of halogens is 2. The van der Waals surface area contributed by atoms with Crippen LogP contribution in [0.25, 0.3) is 0 Å². The molecule has 0 aliphatic carbocycles. The molecule has 78 valence electrons. The van der Waals surface area contributed by atoms with Crippen molar-refractivity contribution in [3.8, 4) is 6.07 Å². The molecule has 5 heteroatoms. The van der Waals surface area contributed by atoms with Crippen molar-refractivity contribution in [2.45, 2.75) is 6.42 Å². The van der Waals surface area contributed by atoms with E-state index in [0.29, 0.717) is 14.5 Å². The predicted octanol–water partition coefficient (Wildman–Crippen LogP) is 2.80. The van der Waals surface area contributed by atoms with Crippen molar-refractivity contribution >= 4 is 37.8 Å². The third-order valence-electron chi connectivity index (χ3n) is 1.79. The Morgan fingerprint density at radius 1 is 1.47 bits per heavy atom. The highest BCUT2D eigenvalue weighted by atomic mass is 79.9. The van der Waals surface area contributed by atoms with Crippen molar-refractivity contribution in [1.29, 1.82) is 5.26 Å². The van der Waals surface area contributed by atoms with Gasteiger partial charge in [-0.2, -0.15) is 5.26 Å². The van der Waals surface area contributed by atoms with E-state index in [2.05, 4.69) is 36.6 Å². The molecular formula is C10H7Br2NO2. The summed E-state index contributed by atoms with van der Waals surface area (Å²) in [5.41, 5.74) is 1.31. The van der Waals surface area contributed by atoms with Gasteiger partial charge in [-0.05, 0) is 49.6 Å². The molecule has 1 aromatic carbocycles. The van der Waals surface area contributed by atoms with E-state index in [0.717, 1.165) is 5.56 Å². The number of hydrogen-bond donors (Lipinski definition) is 0. The number of methoxy groups -OCH3 is 1. The fourth-order valence-electron chi connectivity index (χ4n) is 1.07. The minimum atomic E-state index is -0.307. The lowest BCUT2D eigenvalue weighted by atomic mass is 10.1. The molecule has 3 nitrogen and oxygen atoms in total. The van der Waals surface area contributed by atoms with E-state index in [9.17, 15) is 4.79 Å². The van der Waals surface area contributed by atoms with E-state index in [4.69, 9.17) is 5.26 Å². The summed E-state index contributed by atoms with van der Waals surface area (Å²) in [6.07, 6.45) is 0.194. The maximum atomic E-state index is 11.0. The largest absolute Gasteiger partial charge is 0.469 e. The Bertz CT molecular complexity index is 415. The third-order valence-corrected chi connectivity index (χ3v) is 3.04. The van der Waals surface area contributed by atoms with Crippen LogP contribution in [-0.2, 0) is 16.0 Å². The van der Waals surface area contributed by atoms with Gasteiger partial charge in [0.25, 0.3) is 0 Å². The summed E-state index contributed by atoms with van der Waals surface area (Å²) in [7, 11) is 1.34. The van der Waals surface area contributed by atoms with Gasteiger partial charge in [-0.3, -0.25) is 4.79 Å². The summed E-state index contributed by atoms with van der Waals surface area (Å²) < 4.78 is 5.89. The SMILES string of the molecule is COC(=O)Cc1cc(Br)c(C#N)c(Br)c1. The minimum absolute atomic E-state index is 0.194. The summed E-state index contributed by atoms with van der Waals surface area (Å²) in [6, 6.07) is 5.52. The zero-order valence-electron chi connectivity index (χ0n) is 7.88. The molecule has 0 aliphatic rings. The molecule has 15 heavy (non-hydrogen) atoms. The van der Waals surface area contributed by atoms with Crippen LogP contribution in [0.4, 0.5) is 0 Å². The Morgan fingerprint density at radius 2 is 2.00 bits per heavy atom. The average Bonchev–Trinajstić information content (AvgIpc) is 2.17. The van der Waals surface area contributed by atoms with Crippen molar-refractivity contribution in [2.75, 3.05) is 7.11 Å². The molecule has 0 N–H and O–H groups in total. The highest BCUT2D eigenvalue weighted by Crippen LogP contribution is 2.26. The second-order valence-electron chi connectivity index (χ2n) is 2.80. The number of esters is 1. The maximum Gasteiger partial charge on any atom is 0.309 e. The molecule has 0 aliphatic heterocycles. The van der Waals surface area contributed by atoms with Crippen LogP contribution in [0.1, 0.15) is 11.1 Å². The standard InChI is InChI=1S/C10H7Br2NO2/c1-15-10(14)4-6-2-8(11)7(5-13)9(12)3-6/h2-3H,4H2,1H3. The molecule has 0 unspecified atom stereocenters. The summed E-state index contributed by atoms with van der Waals surface area (Å²) in [5.74, 6) is -0.307. The molecule has 0 spiro atoms. The van der Waals surface area contributed by atoms with Crippen LogP contribution in [-0.4, -0.2) is 13.1 Å². The van der Waals surface area contributed by atoms with Gasteiger partial charge in [0.1, 0.15) is 6.07 Å². The van der Waals surface area contributed by atoms with E-state index >= 15 is 0 Å². The fraction of sp³-hybridized carbons (Fsp3) is 0.200. The number of nitriles is 1. The highest BCUT2D eigenvalue weighted by Gasteiger charge is 2.09. The van der Waals surface area contributed by atoms with Crippen LogP contribution in [0.15, 0.2) is 21.1 Å². The number of carbonyl (C=O) groups excluding carboxylic acids is 1. The number of benzene rings is 1. The van der Waals surface area contributed by atoms with E-state index < -0.39 is 0 Å². The molecular weight excluding hydrogens is 326 g/mol. The zero-order valence-corrected chi connectivity index (χ0v) is 11.1. The van der Waals surface area contributed by atoms with Gasteiger partial charge in [0, 0.05) is 8.95 Å². The summed E-state index contributed by atoms with van der Waals surface area (Å²) in [5, 5.41) is 8.82. The van der Waals surface area contributed by atoms with Crippen molar-refractivity contribution in [3.05, 3.63) is 32.2 Å². The maximum absolute atomic E-state index is 11.0. The highest BCUT2D eigenvalue weighted by molar-refractivity contribution is 9.11. The van der Waals surface area contributed by atoms with Crippen LogP contribution in [0.5, 0.6) is 0 Å². The Hall–Kier alpha value is -0.860.